The van der Waals surface area contributed by atoms with Crippen molar-refractivity contribution in [1.82, 2.24) is 4.98 Å². The summed E-state index contributed by atoms with van der Waals surface area (Å²) in [6.45, 7) is -0.407. The van der Waals surface area contributed by atoms with Crippen LogP contribution < -0.4 is 5.73 Å². The van der Waals surface area contributed by atoms with Gasteiger partial charge in [0.1, 0.15) is 23.3 Å². The van der Waals surface area contributed by atoms with Gasteiger partial charge in [0, 0.05) is 18.0 Å². The highest BCUT2D eigenvalue weighted by atomic mass is 32.1. The number of rotatable bonds is 2. The maximum Gasteiger partial charge on any atom is 0.184 e. The Kier molecular flexibility index (Phi) is 6.22. The number of aliphatic hydroxyl groups is 4. The predicted molar refractivity (Wildman–Crippen MR) is 70.1 cm³/mol. The minimum absolute atomic E-state index is 0.392. The lowest BCUT2D eigenvalue weighted by molar-refractivity contribution is -0.132. The van der Waals surface area contributed by atoms with Gasteiger partial charge in [-0.15, -0.1) is 0 Å². The first-order valence-electron chi connectivity index (χ1n) is 5.47. The van der Waals surface area contributed by atoms with Crippen LogP contribution in [0.2, 0.25) is 0 Å². The molecule has 0 bridgehead atoms. The lowest BCUT2D eigenvalue weighted by Gasteiger charge is -2.09. The zero-order valence-electron chi connectivity index (χ0n) is 9.96. The molecule has 2 rings (SSSR count). The molecular formula is C11H16N2O5S. The van der Waals surface area contributed by atoms with Crippen LogP contribution in [-0.4, -0.2) is 61.6 Å². The monoisotopic (exact) mass is 288 g/mol. The summed E-state index contributed by atoms with van der Waals surface area (Å²) in [4.78, 5) is 4.23. The second-order valence-electron chi connectivity index (χ2n) is 3.83. The fourth-order valence-electron chi connectivity index (χ4n) is 1.39. The Morgan fingerprint density at radius 3 is 2.32 bits per heavy atom. The van der Waals surface area contributed by atoms with Crippen LogP contribution >= 0.6 is 12.2 Å². The second kappa shape index (κ2) is 7.43. The van der Waals surface area contributed by atoms with Gasteiger partial charge in [0.05, 0.1) is 6.61 Å². The Morgan fingerprint density at radius 1 is 1.37 bits per heavy atom. The third kappa shape index (κ3) is 4.46. The molecule has 1 aliphatic heterocycles. The van der Waals surface area contributed by atoms with E-state index in [1.807, 2.05) is 6.07 Å². The van der Waals surface area contributed by atoms with Crippen LogP contribution in [0, 0.1) is 0 Å². The van der Waals surface area contributed by atoms with Gasteiger partial charge >= 0.3 is 0 Å². The average molecular weight is 288 g/mol. The molecule has 1 aromatic rings. The van der Waals surface area contributed by atoms with Gasteiger partial charge in [-0.25, -0.2) is 0 Å². The molecular weight excluding hydrogens is 272 g/mol. The molecule has 6 N–H and O–H groups in total. The van der Waals surface area contributed by atoms with Gasteiger partial charge in [-0.3, -0.25) is 4.98 Å². The van der Waals surface area contributed by atoms with Crippen molar-refractivity contribution in [2.75, 3.05) is 6.61 Å². The first-order valence-corrected chi connectivity index (χ1v) is 5.88. The predicted octanol–water partition coefficient (Wildman–Crippen LogP) is -1.87. The van der Waals surface area contributed by atoms with Crippen LogP contribution in [0.4, 0.5) is 0 Å². The molecule has 4 atom stereocenters. The van der Waals surface area contributed by atoms with E-state index < -0.39 is 31.2 Å². The maximum atomic E-state index is 8.93. The molecule has 1 unspecified atom stereocenters. The molecule has 7 nitrogen and oxygen atoms in total. The molecule has 2 heterocycles. The highest BCUT2D eigenvalue weighted by Gasteiger charge is 2.41. The van der Waals surface area contributed by atoms with Gasteiger partial charge in [0.2, 0.25) is 0 Å². The zero-order chi connectivity index (χ0) is 14.4. The molecule has 0 aliphatic carbocycles. The third-order valence-corrected chi connectivity index (χ3v) is 2.70. The van der Waals surface area contributed by atoms with E-state index in [0.29, 0.717) is 4.99 Å². The number of ether oxygens (including phenoxy) is 1. The molecule has 0 amide bonds. The summed E-state index contributed by atoms with van der Waals surface area (Å²) in [7, 11) is 0. The Hall–Kier alpha value is -1.16. The van der Waals surface area contributed by atoms with Gasteiger partial charge < -0.3 is 30.9 Å². The Balaban J connectivity index is 0.000000191. The number of hydrogen-bond donors (Lipinski definition) is 5. The summed E-state index contributed by atoms with van der Waals surface area (Å²) >= 11 is 4.70. The summed E-state index contributed by atoms with van der Waals surface area (Å²) < 4.78 is 4.54. The molecule has 0 radical (unpaired) electrons. The Labute approximate surface area is 115 Å². The van der Waals surface area contributed by atoms with E-state index in [2.05, 4.69) is 9.72 Å². The fourth-order valence-corrected chi connectivity index (χ4v) is 1.51. The summed E-state index contributed by atoms with van der Waals surface area (Å²) in [6.07, 6.45) is -1.43. The number of nitrogens with two attached hydrogens (primary N) is 1. The smallest absolute Gasteiger partial charge is 0.184 e. The second-order valence-corrected chi connectivity index (χ2v) is 4.27. The number of aromatic nitrogens is 1. The number of thiocarbonyl (C=S) groups is 1. The molecule has 106 valence electrons. The summed E-state index contributed by atoms with van der Waals surface area (Å²) in [5.74, 6) is 0. The van der Waals surface area contributed by atoms with Crippen LogP contribution in [-0.2, 0) is 4.74 Å². The minimum Gasteiger partial charge on any atom is -0.394 e. The number of aliphatic hydroxyl groups excluding tert-OH is 4. The van der Waals surface area contributed by atoms with Crippen LogP contribution in [0.25, 0.3) is 0 Å². The number of hydrogen-bond acceptors (Lipinski definition) is 7. The zero-order valence-corrected chi connectivity index (χ0v) is 10.8. The van der Waals surface area contributed by atoms with Gasteiger partial charge in [0.15, 0.2) is 6.29 Å². The van der Waals surface area contributed by atoms with E-state index in [9.17, 15) is 0 Å². The van der Waals surface area contributed by atoms with Crippen LogP contribution in [0.3, 0.4) is 0 Å². The number of nitrogens with zero attached hydrogens (tertiary/aromatic N) is 1. The quantitative estimate of drug-likeness (QED) is 0.400. The largest absolute Gasteiger partial charge is 0.394 e. The van der Waals surface area contributed by atoms with E-state index in [1.54, 1.807) is 18.5 Å². The van der Waals surface area contributed by atoms with Crippen LogP contribution in [0.1, 0.15) is 5.56 Å². The van der Waals surface area contributed by atoms with Gasteiger partial charge in [-0.2, -0.15) is 0 Å². The van der Waals surface area contributed by atoms with Crippen molar-refractivity contribution < 1.29 is 25.2 Å². The van der Waals surface area contributed by atoms with E-state index in [4.69, 9.17) is 38.4 Å². The maximum absolute atomic E-state index is 8.93. The Bertz CT molecular complexity index is 405. The van der Waals surface area contributed by atoms with Gasteiger partial charge in [-0.1, -0.05) is 12.2 Å². The van der Waals surface area contributed by atoms with Crippen molar-refractivity contribution in [2.24, 2.45) is 5.73 Å². The molecule has 19 heavy (non-hydrogen) atoms. The first kappa shape index (κ1) is 15.9. The van der Waals surface area contributed by atoms with Crippen LogP contribution in [0.5, 0.6) is 0 Å². The van der Waals surface area contributed by atoms with Crippen LogP contribution in [0.15, 0.2) is 24.5 Å². The lowest BCUT2D eigenvalue weighted by Crippen LogP contribution is -2.33. The average Bonchev–Trinajstić information content (AvgIpc) is 2.67. The molecule has 1 saturated heterocycles. The van der Waals surface area contributed by atoms with Crippen molar-refractivity contribution >= 4 is 17.2 Å². The van der Waals surface area contributed by atoms with E-state index in [0.717, 1.165) is 5.56 Å². The van der Waals surface area contributed by atoms with E-state index >= 15 is 0 Å². The lowest BCUT2D eigenvalue weighted by atomic mass is 10.1. The van der Waals surface area contributed by atoms with E-state index in [1.165, 1.54) is 0 Å². The van der Waals surface area contributed by atoms with Crippen molar-refractivity contribution in [2.45, 2.75) is 24.6 Å². The van der Waals surface area contributed by atoms with Crippen molar-refractivity contribution in [1.29, 1.82) is 0 Å². The molecule has 8 heteroatoms. The SMILES string of the molecule is NC(=S)c1cccnc1.OC[C@H]1OC(O)[C@H](O)[C@@H]1O. The minimum atomic E-state index is -1.38. The molecule has 0 aromatic carbocycles. The Morgan fingerprint density at radius 2 is 2.05 bits per heavy atom. The van der Waals surface area contributed by atoms with Gasteiger partial charge in [0.25, 0.3) is 0 Å². The summed E-state index contributed by atoms with van der Waals surface area (Å²) in [5, 5.41) is 35.0. The van der Waals surface area contributed by atoms with Crippen molar-refractivity contribution in [3.05, 3.63) is 30.1 Å². The third-order valence-electron chi connectivity index (χ3n) is 2.46. The highest BCUT2D eigenvalue weighted by Crippen LogP contribution is 2.18. The highest BCUT2D eigenvalue weighted by molar-refractivity contribution is 7.80. The fraction of sp³-hybridized carbons (Fsp3) is 0.455. The van der Waals surface area contributed by atoms with Gasteiger partial charge in [-0.05, 0) is 12.1 Å². The molecule has 1 fully saturated rings. The topological polar surface area (TPSA) is 129 Å². The van der Waals surface area contributed by atoms with E-state index in [-0.39, 0.29) is 0 Å². The molecule has 1 aliphatic rings. The summed E-state index contributed by atoms with van der Waals surface area (Å²) in [5.41, 5.74) is 6.12. The van der Waals surface area contributed by atoms with Crippen molar-refractivity contribution in [3.63, 3.8) is 0 Å². The molecule has 0 saturated carbocycles. The first-order chi connectivity index (χ1) is 8.97. The normalized spacial score (nSPS) is 29.5. The standard InChI is InChI=1S/C6H6N2S.C5H10O5/c7-6(9)5-2-1-3-8-4-5;6-1-2-3(7)4(8)5(9)10-2/h1-4H,(H2,7,9);2-9H,1H2/t;2-,3-,4-,5?/m.1/s1. The van der Waals surface area contributed by atoms with Crippen molar-refractivity contribution in [3.8, 4) is 0 Å². The molecule has 1 aromatic heterocycles. The number of pyridine rings is 1. The molecule has 0 spiro atoms. The summed E-state index contributed by atoms with van der Waals surface area (Å²) in [6, 6.07) is 3.63.